The second kappa shape index (κ2) is 7.42. The summed E-state index contributed by atoms with van der Waals surface area (Å²) < 4.78 is 27.6. The van der Waals surface area contributed by atoms with Crippen molar-refractivity contribution in [2.45, 2.75) is 24.5 Å². The van der Waals surface area contributed by atoms with Crippen molar-refractivity contribution >= 4 is 13.6 Å². The second-order valence-corrected chi connectivity index (χ2v) is 6.02. The predicted octanol–water partition coefficient (Wildman–Crippen LogP) is -1.79. The largest absolute Gasteiger partial charge is 0.470 e. The Morgan fingerprint density at radius 2 is 2.21 bits per heavy atom. The molecular formula is C12H16N3O8P. The van der Waals surface area contributed by atoms with E-state index in [0.29, 0.717) is 0 Å². The average molecular weight is 361 g/mol. The molecule has 0 aliphatic carbocycles. The number of aromatic nitrogens is 2. The van der Waals surface area contributed by atoms with Gasteiger partial charge in [-0.3, -0.25) is 9.09 Å². The number of aliphatic hydroxyl groups is 1. The number of anilines is 1. The van der Waals surface area contributed by atoms with E-state index in [9.17, 15) is 14.5 Å². The molecule has 1 fully saturated rings. The van der Waals surface area contributed by atoms with E-state index in [1.807, 2.05) is 0 Å². The van der Waals surface area contributed by atoms with E-state index in [1.165, 1.54) is 12.3 Å². The Kier molecular flexibility index (Phi) is 5.74. The van der Waals surface area contributed by atoms with Crippen LogP contribution in [-0.2, 0) is 18.6 Å². The highest BCUT2D eigenvalue weighted by atomic mass is 31.2. The van der Waals surface area contributed by atoms with Crippen LogP contribution in [0.25, 0.3) is 0 Å². The van der Waals surface area contributed by atoms with Crippen molar-refractivity contribution in [3.05, 3.63) is 22.7 Å². The molecule has 4 atom stereocenters. The normalized spacial score (nSPS) is 27.1. The molecule has 0 saturated carbocycles. The van der Waals surface area contributed by atoms with Gasteiger partial charge in [0.25, 0.3) is 0 Å². The molecule has 0 spiro atoms. The molecule has 0 amide bonds. The van der Waals surface area contributed by atoms with Crippen LogP contribution < -0.4 is 11.4 Å². The lowest BCUT2D eigenvalue weighted by Crippen LogP contribution is -2.39. The van der Waals surface area contributed by atoms with E-state index in [0.717, 1.165) is 4.57 Å². The Labute approximate surface area is 136 Å². The standard InChI is InChI=1S/C12H16N3O8P/c1-2-5-21-10-9(23-24(18,19)20)7(6-16)22-11(10)15-4-3-8(13)14-12(15)17/h1,3-4,7,9-11,16H,5-6H2,(H2,13,14,17)(H2,18,19,20)/t7-,9-,10-,11-/m1/s1. The molecule has 1 saturated heterocycles. The fourth-order valence-corrected chi connectivity index (χ4v) is 2.88. The van der Waals surface area contributed by atoms with Crippen LogP contribution in [0.15, 0.2) is 17.1 Å². The molecule has 2 heterocycles. The van der Waals surface area contributed by atoms with Gasteiger partial charge in [0.1, 0.15) is 30.7 Å². The summed E-state index contributed by atoms with van der Waals surface area (Å²) in [6.07, 6.45) is 1.53. The lowest BCUT2D eigenvalue weighted by molar-refractivity contribution is -0.0676. The van der Waals surface area contributed by atoms with E-state index in [2.05, 4.69) is 15.4 Å². The highest BCUT2D eigenvalue weighted by molar-refractivity contribution is 7.46. The topological polar surface area (TPSA) is 166 Å². The van der Waals surface area contributed by atoms with Crippen molar-refractivity contribution in [3.63, 3.8) is 0 Å². The van der Waals surface area contributed by atoms with Crippen LogP contribution in [-0.4, -0.2) is 56.0 Å². The van der Waals surface area contributed by atoms with Crippen molar-refractivity contribution in [2.75, 3.05) is 18.9 Å². The first-order valence-corrected chi connectivity index (χ1v) is 8.20. The molecule has 12 heteroatoms. The zero-order chi connectivity index (χ0) is 17.9. The van der Waals surface area contributed by atoms with Crippen molar-refractivity contribution in [1.29, 1.82) is 0 Å². The van der Waals surface area contributed by atoms with Gasteiger partial charge in [0.2, 0.25) is 0 Å². The number of phosphoric ester groups is 1. The van der Waals surface area contributed by atoms with E-state index >= 15 is 0 Å². The number of nitrogens with zero attached hydrogens (tertiary/aromatic N) is 2. The molecular weight excluding hydrogens is 345 g/mol. The van der Waals surface area contributed by atoms with Crippen LogP contribution in [0.4, 0.5) is 5.82 Å². The van der Waals surface area contributed by atoms with E-state index in [-0.39, 0.29) is 12.4 Å². The van der Waals surface area contributed by atoms with Gasteiger partial charge >= 0.3 is 13.5 Å². The van der Waals surface area contributed by atoms with Crippen molar-refractivity contribution < 1.29 is 33.5 Å². The number of phosphoric acid groups is 1. The molecule has 1 aromatic heterocycles. The Bertz CT molecular complexity index is 726. The molecule has 132 valence electrons. The highest BCUT2D eigenvalue weighted by Crippen LogP contribution is 2.44. The molecule has 0 radical (unpaired) electrons. The third kappa shape index (κ3) is 4.19. The molecule has 1 aliphatic rings. The van der Waals surface area contributed by atoms with Gasteiger partial charge in [-0.15, -0.1) is 6.42 Å². The van der Waals surface area contributed by atoms with Crippen LogP contribution in [0, 0.1) is 12.3 Å². The maximum absolute atomic E-state index is 12.0. The molecule has 0 unspecified atom stereocenters. The summed E-state index contributed by atoms with van der Waals surface area (Å²) in [5, 5.41) is 9.38. The van der Waals surface area contributed by atoms with Crippen LogP contribution >= 0.6 is 7.82 Å². The summed E-state index contributed by atoms with van der Waals surface area (Å²) in [6, 6.07) is 1.33. The molecule has 1 aromatic rings. The number of nitrogens with two attached hydrogens (primary N) is 1. The molecule has 0 bridgehead atoms. The van der Waals surface area contributed by atoms with Crippen LogP contribution in [0.3, 0.4) is 0 Å². The Balaban J connectivity index is 2.40. The minimum atomic E-state index is -4.92. The molecule has 0 aromatic carbocycles. The fourth-order valence-electron chi connectivity index (χ4n) is 2.31. The zero-order valence-corrected chi connectivity index (χ0v) is 13.2. The minimum Gasteiger partial charge on any atom is -0.394 e. The van der Waals surface area contributed by atoms with Gasteiger partial charge in [0, 0.05) is 6.20 Å². The van der Waals surface area contributed by atoms with Crippen LogP contribution in [0.2, 0.25) is 0 Å². The minimum absolute atomic E-state index is 0.0166. The Hall–Kier alpha value is -1.77. The number of rotatable bonds is 6. The first-order chi connectivity index (χ1) is 11.3. The molecule has 1 aliphatic heterocycles. The molecule has 5 N–H and O–H groups in total. The Morgan fingerprint density at radius 3 is 2.75 bits per heavy atom. The van der Waals surface area contributed by atoms with E-state index < -0.39 is 44.7 Å². The third-order valence-electron chi connectivity index (χ3n) is 3.21. The smallest absolute Gasteiger partial charge is 0.394 e. The molecule has 2 rings (SSSR count). The fraction of sp³-hybridized carbons (Fsp3) is 0.500. The number of hydrogen-bond acceptors (Lipinski definition) is 8. The first-order valence-electron chi connectivity index (χ1n) is 6.67. The van der Waals surface area contributed by atoms with Gasteiger partial charge < -0.3 is 30.1 Å². The van der Waals surface area contributed by atoms with Gasteiger partial charge in [-0.25, -0.2) is 9.36 Å². The Morgan fingerprint density at radius 1 is 1.50 bits per heavy atom. The van der Waals surface area contributed by atoms with Crippen molar-refractivity contribution in [1.82, 2.24) is 9.55 Å². The summed E-state index contributed by atoms with van der Waals surface area (Å²) >= 11 is 0. The summed E-state index contributed by atoms with van der Waals surface area (Å²) in [7, 11) is -4.92. The van der Waals surface area contributed by atoms with Crippen molar-refractivity contribution in [2.24, 2.45) is 0 Å². The summed E-state index contributed by atoms with van der Waals surface area (Å²) in [4.78, 5) is 33.6. The number of hydrogen-bond donors (Lipinski definition) is 4. The number of nitrogen functional groups attached to an aromatic ring is 1. The zero-order valence-electron chi connectivity index (χ0n) is 12.3. The summed E-state index contributed by atoms with van der Waals surface area (Å²) in [5.41, 5.74) is 4.64. The quantitative estimate of drug-likeness (QED) is 0.336. The number of ether oxygens (including phenoxy) is 2. The van der Waals surface area contributed by atoms with E-state index in [4.69, 9.17) is 31.4 Å². The van der Waals surface area contributed by atoms with Gasteiger partial charge in [0.05, 0.1) is 6.61 Å². The average Bonchev–Trinajstić information content (AvgIpc) is 2.81. The van der Waals surface area contributed by atoms with Gasteiger partial charge in [-0.05, 0) is 6.07 Å². The lowest BCUT2D eigenvalue weighted by atomic mass is 10.1. The highest BCUT2D eigenvalue weighted by Gasteiger charge is 2.49. The predicted molar refractivity (Wildman–Crippen MR) is 79.4 cm³/mol. The SMILES string of the molecule is C#CCO[C@@H]1[C@H](OP(=O)(O)O)[C@@H](CO)O[C@H]1n1ccc(N)nc1=O. The second-order valence-electron chi connectivity index (χ2n) is 4.83. The van der Waals surface area contributed by atoms with E-state index in [1.54, 1.807) is 0 Å². The van der Waals surface area contributed by atoms with Crippen molar-refractivity contribution in [3.8, 4) is 12.3 Å². The van der Waals surface area contributed by atoms with Gasteiger partial charge in [-0.2, -0.15) is 4.98 Å². The van der Waals surface area contributed by atoms with Gasteiger partial charge in [-0.1, -0.05) is 5.92 Å². The number of terminal acetylenes is 1. The summed E-state index contributed by atoms with van der Waals surface area (Å²) in [6.45, 7) is -0.866. The number of aliphatic hydroxyl groups excluding tert-OH is 1. The maximum atomic E-state index is 12.0. The van der Waals surface area contributed by atoms with Crippen LogP contribution in [0.5, 0.6) is 0 Å². The van der Waals surface area contributed by atoms with Crippen LogP contribution in [0.1, 0.15) is 6.23 Å². The molecule has 11 nitrogen and oxygen atoms in total. The third-order valence-corrected chi connectivity index (χ3v) is 3.73. The molecule has 24 heavy (non-hydrogen) atoms. The lowest BCUT2D eigenvalue weighted by Gasteiger charge is -2.24. The van der Waals surface area contributed by atoms with Gasteiger partial charge in [0.15, 0.2) is 6.23 Å². The maximum Gasteiger partial charge on any atom is 0.470 e. The monoisotopic (exact) mass is 361 g/mol. The summed E-state index contributed by atoms with van der Waals surface area (Å²) in [5.74, 6) is 2.18. The first kappa shape index (κ1) is 18.6.